The van der Waals surface area contributed by atoms with Crippen LogP contribution in [0.4, 0.5) is 0 Å². The molecule has 1 heterocycles. The van der Waals surface area contributed by atoms with Gasteiger partial charge in [0.2, 0.25) is 5.91 Å². The summed E-state index contributed by atoms with van der Waals surface area (Å²) in [6.45, 7) is 1.94. The first-order chi connectivity index (χ1) is 10.1. The predicted octanol–water partition coefficient (Wildman–Crippen LogP) is 4.09. The second-order valence-corrected chi connectivity index (χ2v) is 6.20. The second kappa shape index (κ2) is 8.05. The van der Waals surface area contributed by atoms with Crippen molar-refractivity contribution in [2.45, 2.75) is 24.3 Å². The zero-order valence-electron chi connectivity index (χ0n) is 11.8. The topological polar surface area (TPSA) is 42.0 Å². The summed E-state index contributed by atoms with van der Waals surface area (Å²) in [6, 6.07) is 13.2. The van der Waals surface area contributed by atoms with Crippen molar-refractivity contribution in [3.8, 4) is 0 Å². The van der Waals surface area contributed by atoms with Gasteiger partial charge in [-0.2, -0.15) is 0 Å². The number of nitrogens with zero attached hydrogens (tertiary/aromatic N) is 1. The number of benzene rings is 1. The van der Waals surface area contributed by atoms with Gasteiger partial charge in [-0.15, -0.1) is 11.8 Å². The van der Waals surface area contributed by atoms with E-state index in [0.717, 1.165) is 21.4 Å². The van der Waals surface area contributed by atoms with Gasteiger partial charge in [-0.05, 0) is 43.3 Å². The van der Waals surface area contributed by atoms with E-state index in [0.29, 0.717) is 6.42 Å². The number of thioether (sulfide) groups is 1. The Kier molecular flexibility index (Phi) is 6.08. The van der Waals surface area contributed by atoms with E-state index < -0.39 is 0 Å². The zero-order valence-corrected chi connectivity index (χ0v) is 13.3. The van der Waals surface area contributed by atoms with Crippen molar-refractivity contribution in [3.05, 3.63) is 59.4 Å². The molecule has 0 aliphatic rings. The number of carbonyl (C=O) groups excluding carboxylic acids is 1. The molecule has 0 spiro atoms. The molecule has 21 heavy (non-hydrogen) atoms. The molecule has 2 aromatic rings. The molecule has 1 amide bonds. The normalized spacial score (nSPS) is 11.9. The van der Waals surface area contributed by atoms with Gasteiger partial charge in [-0.3, -0.25) is 9.78 Å². The van der Waals surface area contributed by atoms with Crippen LogP contribution >= 0.6 is 23.4 Å². The molecule has 1 N–H and O–H groups in total. The maximum absolute atomic E-state index is 11.9. The first-order valence-corrected chi connectivity index (χ1v) is 8.10. The molecule has 0 aliphatic heterocycles. The number of halogens is 1. The Labute approximate surface area is 134 Å². The lowest BCUT2D eigenvalue weighted by Crippen LogP contribution is -2.27. The van der Waals surface area contributed by atoms with Gasteiger partial charge >= 0.3 is 0 Å². The third kappa shape index (κ3) is 5.40. The van der Waals surface area contributed by atoms with Gasteiger partial charge in [-0.1, -0.05) is 17.7 Å². The Morgan fingerprint density at radius 3 is 2.71 bits per heavy atom. The van der Waals surface area contributed by atoms with Crippen molar-refractivity contribution < 1.29 is 4.79 Å². The van der Waals surface area contributed by atoms with Crippen molar-refractivity contribution >= 4 is 29.3 Å². The third-order valence-electron chi connectivity index (χ3n) is 2.92. The van der Waals surface area contributed by atoms with Gasteiger partial charge in [-0.25, -0.2) is 0 Å². The highest BCUT2D eigenvalue weighted by molar-refractivity contribution is 7.99. The van der Waals surface area contributed by atoms with E-state index in [9.17, 15) is 4.79 Å². The number of rotatable bonds is 6. The van der Waals surface area contributed by atoms with Crippen LogP contribution in [0.25, 0.3) is 0 Å². The maximum atomic E-state index is 11.9. The summed E-state index contributed by atoms with van der Waals surface area (Å²) in [5.74, 6) is 0.775. The van der Waals surface area contributed by atoms with Crippen LogP contribution in [0, 0.1) is 0 Å². The SMILES string of the molecule is CC(NC(=O)CCSc1ccc(Cl)cc1)c1ccccn1. The lowest BCUT2D eigenvalue weighted by atomic mass is 10.2. The van der Waals surface area contributed by atoms with Crippen LogP contribution in [0.5, 0.6) is 0 Å². The van der Waals surface area contributed by atoms with Crippen molar-refractivity contribution in [2.24, 2.45) is 0 Å². The summed E-state index contributed by atoms with van der Waals surface area (Å²) in [5, 5.41) is 3.68. The minimum Gasteiger partial charge on any atom is -0.348 e. The summed E-state index contributed by atoms with van der Waals surface area (Å²) in [5.41, 5.74) is 0.871. The largest absolute Gasteiger partial charge is 0.348 e. The molecule has 110 valence electrons. The third-order valence-corrected chi connectivity index (χ3v) is 4.19. The number of hydrogen-bond donors (Lipinski definition) is 1. The molecule has 0 fully saturated rings. The van der Waals surface area contributed by atoms with Gasteiger partial charge in [0.25, 0.3) is 0 Å². The number of aromatic nitrogens is 1. The monoisotopic (exact) mass is 320 g/mol. The van der Waals surface area contributed by atoms with E-state index in [1.165, 1.54) is 0 Å². The van der Waals surface area contributed by atoms with Crippen LogP contribution in [0.15, 0.2) is 53.6 Å². The molecule has 1 aromatic carbocycles. The van der Waals surface area contributed by atoms with E-state index in [1.54, 1.807) is 18.0 Å². The van der Waals surface area contributed by atoms with Gasteiger partial charge in [0.1, 0.15) is 0 Å². The highest BCUT2D eigenvalue weighted by atomic mass is 35.5. The summed E-state index contributed by atoms with van der Waals surface area (Å²) in [4.78, 5) is 17.2. The molecule has 0 aliphatic carbocycles. The van der Waals surface area contributed by atoms with E-state index >= 15 is 0 Å². The molecule has 2 rings (SSSR count). The van der Waals surface area contributed by atoms with Crippen LogP contribution in [0.2, 0.25) is 5.02 Å². The minimum absolute atomic E-state index is 0.0367. The lowest BCUT2D eigenvalue weighted by Gasteiger charge is -2.13. The van der Waals surface area contributed by atoms with Crippen molar-refractivity contribution in [2.75, 3.05) is 5.75 Å². The van der Waals surface area contributed by atoms with Gasteiger partial charge in [0.05, 0.1) is 11.7 Å². The molecule has 5 heteroatoms. The number of amides is 1. The van der Waals surface area contributed by atoms with Crippen LogP contribution < -0.4 is 5.32 Å². The average Bonchev–Trinajstić information content (AvgIpc) is 2.50. The summed E-state index contributed by atoms with van der Waals surface area (Å²) < 4.78 is 0. The molecule has 3 nitrogen and oxygen atoms in total. The maximum Gasteiger partial charge on any atom is 0.221 e. The zero-order chi connectivity index (χ0) is 15.1. The molecule has 1 aromatic heterocycles. The average molecular weight is 321 g/mol. The van der Waals surface area contributed by atoms with E-state index in [4.69, 9.17) is 11.6 Å². The first kappa shape index (κ1) is 15.9. The highest BCUT2D eigenvalue weighted by Gasteiger charge is 2.10. The fraction of sp³-hybridized carbons (Fsp3) is 0.250. The number of carbonyl (C=O) groups is 1. The Morgan fingerprint density at radius 1 is 1.29 bits per heavy atom. The Hall–Kier alpha value is -1.52. The van der Waals surface area contributed by atoms with Crippen molar-refractivity contribution in [1.29, 1.82) is 0 Å². The van der Waals surface area contributed by atoms with Crippen LogP contribution in [-0.4, -0.2) is 16.6 Å². The van der Waals surface area contributed by atoms with E-state index in [-0.39, 0.29) is 11.9 Å². The van der Waals surface area contributed by atoms with Gasteiger partial charge in [0.15, 0.2) is 0 Å². The molecular weight excluding hydrogens is 304 g/mol. The molecule has 0 bridgehead atoms. The Morgan fingerprint density at radius 2 is 2.05 bits per heavy atom. The molecule has 1 unspecified atom stereocenters. The predicted molar refractivity (Wildman–Crippen MR) is 87.6 cm³/mol. The van der Waals surface area contributed by atoms with E-state index in [2.05, 4.69) is 10.3 Å². The number of nitrogens with one attached hydrogen (secondary N) is 1. The van der Waals surface area contributed by atoms with Gasteiger partial charge < -0.3 is 5.32 Å². The highest BCUT2D eigenvalue weighted by Crippen LogP contribution is 2.21. The minimum atomic E-state index is -0.0702. The molecule has 0 saturated heterocycles. The van der Waals surface area contributed by atoms with Crippen molar-refractivity contribution in [1.82, 2.24) is 10.3 Å². The first-order valence-electron chi connectivity index (χ1n) is 6.74. The van der Waals surface area contributed by atoms with Crippen LogP contribution in [-0.2, 0) is 4.79 Å². The summed E-state index contributed by atoms with van der Waals surface area (Å²) >= 11 is 7.48. The summed E-state index contributed by atoms with van der Waals surface area (Å²) in [6.07, 6.45) is 2.21. The van der Waals surface area contributed by atoms with Gasteiger partial charge in [0, 0.05) is 28.3 Å². The number of hydrogen-bond acceptors (Lipinski definition) is 3. The lowest BCUT2D eigenvalue weighted by molar-refractivity contribution is -0.121. The summed E-state index contributed by atoms with van der Waals surface area (Å²) in [7, 11) is 0. The smallest absolute Gasteiger partial charge is 0.221 e. The van der Waals surface area contributed by atoms with Crippen LogP contribution in [0.3, 0.4) is 0 Å². The Balaban J connectivity index is 1.73. The molecular formula is C16H17ClN2OS. The second-order valence-electron chi connectivity index (χ2n) is 4.60. The fourth-order valence-corrected chi connectivity index (χ4v) is 2.79. The van der Waals surface area contributed by atoms with Crippen LogP contribution in [0.1, 0.15) is 25.1 Å². The standard InChI is InChI=1S/C16H17ClN2OS/c1-12(15-4-2-3-10-18-15)19-16(20)9-11-21-14-7-5-13(17)6-8-14/h2-8,10,12H,9,11H2,1H3,(H,19,20). The number of pyridine rings is 1. The Bertz CT molecular complexity index is 575. The van der Waals surface area contributed by atoms with Crippen molar-refractivity contribution in [3.63, 3.8) is 0 Å². The quantitative estimate of drug-likeness (QED) is 0.815. The molecule has 0 radical (unpaired) electrons. The fourth-order valence-electron chi connectivity index (χ4n) is 1.81. The van der Waals surface area contributed by atoms with E-state index in [1.807, 2.05) is 49.4 Å². The molecule has 1 atom stereocenters. The molecule has 0 saturated carbocycles.